The number of nitrogens with zero attached hydrogens (tertiary/aromatic N) is 1. The van der Waals surface area contributed by atoms with Crippen LogP contribution in [0, 0.1) is 0 Å². The zero-order chi connectivity index (χ0) is 6.69. The highest BCUT2D eigenvalue weighted by atomic mass is 16.3. The quantitative estimate of drug-likeness (QED) is 0.515. The summed E-state index contributed by atoms with van der Waals surface area (Å²) in [5, 5.41) is 11.8. The predicted octanol–water partition coefficient (Wildman–Crippen LogP) is -0.770. The van der Waals surface area contributed by atoms with Crippen LogP contribution in [0.4, 0.5) is 0 Å². The monoisotopic (exact) mass is 130 g/mol. The molecular weight excluding hydrogens is 116 g/mol. The van der Waals surface area contributed by atoms with Crippen molar-refractivity contribution >= 4 is 0 Å². The van der Waals surface area contributed by atoms with Gasteiger partial charge in [0.2, 0.25) is 0 Å². The summed E-state index contributed by atoms with van der Waals surface area (Å²) >= 11 is 0. The van der Waals surface area contributed by atoms with Gasteiger partial charge in [-0.3, -0.25) is 4.90 Å². The van der Waals surface area contributed by atoms with Gasteiger partial charge in [0.25, 0.3) is 0 Å². The van der Waals surface area contributed by atoms with Gasteiger partial charge >= 0.3 is 0 Å². The van der Waals surface area contributed by atoms with Crippen molar-refractivity contribution < 1.29 is 5.11 Å². The van der Waals surface area contributed by atoms with Gasteiger partial charge < -0.3 is 10.4 Å². The fraction of sp³-hybridized carbons (Fsp3) is 1.00. The molecular formula is C6H14N2O. The van der Waals surface area contributed by atoms with E-state index in [0.29, 0.717) is 6.17 Å². The van der Waals surface area contributed by atoms with Crippen LogP contribution >= 0.6 is 0 Å². The molecule has 0 aromatic heterocycles. The highest BCUT2D eigenvalue weighted by molar-refractivity contribution is 4.72. The Kier molecular flexibility index (Phi) is 2.45. The van der Waals surface area contributed by atoms with Gasteiger partial charge in [-0.15, -0.1) is 0 Å². The molecule has 2 N–H and O–H groups in total. The maximum atomic E-state index is 8.57. The summed E-state index contributed by atoms with van der Waals surface area (Å²) in [4.78, 5) is 2.22. The van der Waals surface area contributed by atoms with Crippen molar-refractivity contribution in [2.75, 3.05) is 26.2 Å². The van der Waals surface area contributed by atoms with Crippen molar-refractivity contribution in [1.82, 2.24) is 10.2 Å². The van der Waals surface area contributed by atoms with Crippen LogP contribution in [0.15, 0.2) is 0 Å². The van der Waals surface area contributed by atoms with Gasteiger partial charge in [0.1, 0.15) is 0 Å². The Labute approximate surface area is 55.7 Å². The van der Waals surface area contributed by atoms with Gasteiger partial charge in [0.05, 0.1) is 12.8 Å². The van der Waals surface area contributed by atoms with Crippen molar-refractivity contribution in [2.45, 2.75) is 13.1 Å². The maximum Gasteiger partial charge on any atom is 0.0569 e. The topological polar surface area (TPSA) is 35.5 Å². The molecule has 0 spiro atoms. The Morgan fingerprint density at radius 3 is 3.00 bits per heavy atom. The summed E-state index contributed by atoms with van der Waals surface area (Å²) in [6.45, 7) is 5.31. The molecule has 3 nitrogen and oxygen atoms in total. The van der Waals surface area contributed by atoms with Crippen LogP contribution in [0.1, 0.15) is 6.92 Å². The van der Waals surface area contributed by atoms with E-state index >= 15 is 0 Å². The number of hydrogen-bond acceptors (Lipinski definition) is 3. The van der Waals surface area contributed by atoms with E-state index in [1.54, 1.807) is 0 Å². The molecule has 1 aliphatic heterocycles. The Morgan fingerprint density at radius 2 is 2.56 bits per heavy atom. The van der Waals surface area contributed by atoms with E-state index in [0.717, 1.165) is 19.6 Å². The number of aliphatic hydroxyl groups is 1. The molecule has 3 heteroatoms. The second kappa shape index (κ2) is 3.15. The van der Waals surface area contributed by atoms with E-state index in [1.165, 1.54) is 0 Å². The van der Waals surface area contributed by atoms with Crippen LogP contribution in [0.25, 0.3) is 0 Å². The van der Waals surface area contributed by atoms with Gasteiger partial charge in [0, 0.05) is 19.6 Å². The van der Waals surface area contributed by atoms with Crippen LogP contribution in [0.3, 0.4) is 0 Å². The molecule has 54 valence electrons. The van der Waals surface area contributed by atoms with Gasteiger partial charge in [-0.05, 0) is 6.92 Å². The molecule has 0 saturated carbocycles. The molecule has 1 rings (SSSR count). The number of rotatable bonds is 2. The lowest BCUT2D eigenvalue weighted by Crippen LogP contribution is -2.34. The van der Waals surface area contributed by atoms with Crippen LogP contribution in [0.2, 0.25) is 0 Å². The number of hydrogen-bond donors (Lipinski definition) is 2. The fourth-order valence-corrected chi connectivity index (χ4v) is 1.17. The van der Waals surface area contributed by atoms with Crippen LogP contribution < -0.4 is 5.32 Å². The molecule has 1 saturated heterocycles. The smallest absolute Gasteiger partial charge is 0.0569 e. The molecule has 1 aliphatic rings. The SMILES string of the molecule is CC1NCCN1CCO. The first-order valence-electron chi connectivity index (χ1n) is 3.43. The largest absolute Gasteiger partial charge is 0.395 e. The Hall–Kier alpha value is -0.120. The Bertz CT molecular complexity index is 87.1. The van der Waals surface area contributed by atoms with Crippen LogP contribution in [-0.2, 0) is 0 Å². The van der Waals surface area contributed by atoms with E-state index in [2.05, 4.69) is 17.1 Å². The first-order valence-corrected chi connectivity index (χ1v) is 3.43. The Balaban J connectivity index is 2.22. The van der Waals surface area contributed by atoms with Crippen LogP contribution in [0.5, 0.6) is 0 Å². The molecule has 0 aromatic rings. The lowest BCUT2D eigenvalue weighted by molar-refractivity contribution is 0.187. The molecule has 0 bridgehead atoms. The van der Waals surface area contributed by atoms with Gasteiger partial charge in [0.15, 0.2) is 0 Å². The molecule has 1 fully saturated rings. The van der Waals surface area contributed by atoms with E-state index in [1.807, 2.05) is 0 Å². The molecule has 1 heterocycles. The summed E-state index contributed by atoms with van der Waals surface area (Å²) in [5.74, 6) is 0. The van der Waals surface area contributed by atoms with E-state index < -0.39 is 0 Å². The molecule has 1 unspecified atom stereocenters. The zero-order valence-corrected chi connectivity index (χ0v) is 5.80. The lowest BCUT2D eigenvalue weighted by Gasteiger charge is -2.18. The first-order chi connectivity index (χ1) is 4.34. The van der Waals surface area contributed by atoms with Gasteiger partial charge in [-0.1, -0.05) is 0 Å². The average Bonchev–Trinajstić information content (AvgIpc) is 2.18. The van der Waals surface area contributed by atoms with Crippen molar-refractivity contribution in [2.24, 2.45) is 0 Å². The van der Waals surface area contributed by atoms with Gasteiger partial charge in [-0.2, -0.15) is 0 Å². The number of β-amino-alcohol motifs (C(OH)–C–C–N with tert-alkyl or cyclic N) is 1. The minimum absolute atomic E-state index is 0.270. The predicted molar refractivity (Wildman–Crippen MR) is 36.1 cm³/mol. The van der Waals surface area contributed by atoms with E-state index in [9.17, 15) is 0 Å². The van der Waals surface area contributed by atoms with E-state index in [4.69, 9.17) is 5.11 Å². The highest BCUT2D eigenvalue weighted by Gasteiger charge is 2.17. The third-order valence-electron chi connectivity index (χ3n) is 1.77. The first kappa shape index (κ1) is 6.99. The van der Waals surface area contributed by atoms with E-state index in [-0.39, 0.29) is 6.61 Å². The summed E-state index contributed by atoms with van der Waals surface area (Å²) < 4.78 is 0. The number of nitrogens with one attached hydrogen (secondary N) is 1. The van der Waals surface area contributed by atoms with Crippen molar-refractivity contribution in [3.8, 4) is 0 Å². The zero-order valence-electron chi connectivity index (χ0n) is 5.80. The molecule has 9 heavy (non-hydrogen) atoms. The minimum Gasteiger partial charge on any atom is -0.395 e. The second-order valence-electron chi connectivity index (χ2n) is 2.39. The molecule has 0 radical (unpaired) electrons. The molecule has 1 atom stereocenters. The highest BCUT2D eigenvalue weighted by Crippen LogP contribution is 1.99. The molecule has 0 aliphatic carbocycles. The fourth-order valence-electron chi connectivity index (χ4n) is 1.17. The Morgan fingerprint density at radius 1 is 1.78 bits per heavy atom. The van der Waals surface area contributed by atoms with Crippen LogP contribution in [-0.4, -0.2) is 42.4 Å². The lowest BCUT2D eigenvalue weighted by atomic mass is 10.5. The summed E-state index contributed by atoms with van der Waals surface area (Å²) in [7, 11) is 0. The van der Waals surface area contributed by atoms with Crippen molar-refractivity contribution in [3.05, 3.63) is 0 Å². The summed E-state index contributed by atoms with van der Waals surface area (Å²) in [5.41, 5.74) is 0. The van der Waals surface area contributed by atoms with Crippen molar-refractivity contribution in [3.63, 3.8) is 0 Å². The third kappa shape index (κ3) is 1.64. The molecule has 0 amide bonds. The summed E-state index contributed by atoms with van der Waals surface area (Å²) in [6, 6.07) is 0. The third-order valence-corrected chi connectivity index (χ3v) is 1.77. The maximum absolute atomic E-state index is 8.57. The summed E-state index contributed by atoms with van der Waals surface area (Å²) in [6.07, 6.45) is 0.456. The normalized spacial score (nSPS) is 29.3. The minimum atomic E-state index is 0.270. The molecule has 0 aromatic carbocycles. The van der Waals surface area contributed by atoms with Gasteiger partial charge in [-0.25, -0.2) is 0 Å². The standard InChI is InChI=1S/C6H14N2O/c1-6-7-2-3-8(6)4-5-9/h6-7,9H,2-5H2,1H3. The number of aliphatic hydroxyl groups excluding tert-OH is 1. The van der Waals surface area contributed by atoms with Crippen molar-refractivity contribution in [1.29, 1.82) is 0 Å². The average molecular weight is 130 g/mol. The second-order valence-corrected chi connectivity index (χ2v) is 2.39.